The van der Waals surface area contributed by atoms with E-state index >= 15 is 0 Å². The van der Waals surface area contributed by atoms with Crippen molar-refractivity contribution in [1.82, 2.24) is 9.97 Å². The molecular formula is C62H58N4. The van der Waals surface area contributed by atoms with Gasteiger partial charge in [0.2, 0.25) is 0 Å². The molecule has 1 heterocycles. The SMILES string of the molecule is C=NC/C=C\C=C/C(=C)C(=NCc1ccc(-c2ccccc2-c2ccccc2-c2ccc(-c3nc(-c4ccc(C(C)(C)C)cc4)c4ccccc4n3)cc2)cc1)c1ccc(C(C)(C)C)cc1. The maximum atomic E-state index is 5.19. The molecule has 0 aliphatic carbocycles. The van der Waals surface area contributed by atoms with E-state index in [9.17, 15) is 0 Å². The molecule has 0 N–H and O–H groups in total. The molecule has 326 valence electrons. The van der Waals surface area contributed by atoms with Crippen molar-refractivity contribution in [2.24, 2.45) is 9.98 Å². The molecule has 0 atom stereocenters. The average Bonchev–Trinajstić information content (AvgIpc) is 3.33. The maximum absolute atomic E-state index is 5.19. The summed E-state index contributed by atoms with van der Waals surface area (Å²) in [6.07, 6.45) is 7.92. The molecule has 0 bridgehead atoms. The van der Waals surface area contributed by atoms with Crippen molar-refractivity contribution in [3.8, 4) is 56.0 Å². The molecular weight excluding hydrogens is 801 g/mol. The first-order valence-electron chi connectivity index (χ1n) is 22.7. The second-order valence-corrected chi connectivity index (χ2v) is 18.8. The molecule has 0 unspecified atom stereocenters. The number of hydrogen-bond donors (Lipinski definition) is 0. The number of fused-ring (bicyclic) bond motifs is 1. The number of para-hydroxylation sites is 1. The largest absolute Gasteiger partial charge is 0.297 e. The molecule has 0 spiro atoms. The Morgan fingerprint density at radius 2 is 1.03 bits per heavy atom. The fourth-order valence-electron chi connectivity index (χ4n) is 8.22. The van der Waals surface area contributed by atoms with Crippen LogP contribution in [-0.2, 0) is 17.4 Å². The highest BCUT2D eigenvalue weighted by molar-refractivity contribution is 6.14. The molecule has 8 rings (SSSR count). The molecule has 0 aliphatic rings. The monoisotopic (exact) mass is 858 g/mol. The fraction of sp³-hybridized carbons (Fsp3) is 0.161. The van der Waals surface area contributed by atoms with Gasteiger partial charge in [-0.15, -0.1) is 0 Å². The van der Waals surface area contributed by atoms with E-state index in [-0.39, 0.29) is 10.8 Å². The average molecular weight is 859 g/mol. The Morgan fingerprint density at radius 3 is 1.61 bits per heavy atom. The van der Waals surface area contributed by atoms with Gasteiger partial charge >= 0.3 is 0 Å². The van der Waals surface area contributed by atoms with Gasteiger partial charge in [-0.25, -0.2) is 9.97 Å². The Bertz CT molecular complexity index is 3080. The van der Waals surface area contributed by atoms with Crippen molar-refractivity contribution >= 4 is 23.3 Å². The Balaban J connectivity index is 1.06. The Morgan fingerprint density at radius 1 is 0.530 bits per heavy atom. The molecule has 7 aromatic carbocycles. The number of hydrogen-bond acceptors (Lipinski definition) is 4. The van der Waals surface area contributed by atoms with Crippen molar-refractivity contribution in [3.05, 3.63) is 229 Å². The van der Waals surface area contributed by atoms with Crippen LogP contribution in [0.15, 0.2) is 216 Å². The van der Waals surface area contributed by atoms with Crippen LogP contribution in [0.25, 0.3) is 66.9 Å². The van der Waals surface area contributed by atoms with Crippen molar-refractivity contribution in [2.75, 3.05) is 6.54 Å². The summed E-state index contributed by atoms with van der Waals surface area (Å²) in [5.74, 6) is 0.709. The molecule has 8 aromatic rings. The van der Waals surface area contributed by atoms with E-state index in [1.54, 1.807) is 0 Å². The molecule has 0 fully saturated rings. The molecule has 1 aromatic heterocycles. The second kappa shape index (κ2) is 19.7. The smallest absolute Gasteiger partial charge is 0.160 e. The number of benzene rings is 7. The summed E-state index contributed by atoms with van der Waals surface area (Å²) in [6.45, 7) is 22.5. The predicted molar refractivity (Wildman–Crippen MR) is 283 cm³/mol. The molecule has 66 heavy (non-hydrogen) atoms. The number of nitrogens with zero attached hydrogens (tertiary/aromatic N) is 4. The van der Waals surface area contributed by atoms with Crippen LogP contribution in [0, 0.1) is 0 Å². The van der Waals surface area contributed by atoms with Crippen LogP contribution in [0.1, 0.15) is 63.8 Å². The lowest BCUT2D eigenvalue weighted by molar-refractivity contribution is 0.590. The first-order valence-corrected chi connectivity index (χ1v) is 22.7. The third-order valence-electron chi connectivity index (χ3n) is 12.0. The third-order valence-corrected chi connectivity index (χ3v) is 12.0. The zero-order chi connectivity index (χ0) is 46.3. The quantitative estimate of drug-likeness (QED) is 0.0857. The van der Waals surface area contributed by atoms with Crippen LogP contribution in [0.2, 0.25) is 0 Å². The Hall–Kier alpha value is -7.56. The molecule has 0 amide bonds. The summed E-state index contributed by atoms with van der Waals surface area (Å²) >= 11 is 0. The van der Waals surface area contributed by atoms with Crippen LogP contribution in [0.4, 0.5) is 0 Å². The fourth-order valence-corrected chi connectivity index (χ4v) is 8.22. The molecule has 4 heteroatoms. The van der Waals surface area contributed by atoms with E-state index in [0.717, 1.165) is 66.8 Å². The third kappa shape index (κ3) is 10.4. The van der Waals surface area contributed by atoms with E-state index in [1.807, 2.05) is 30.4 Å². The number of aliphatic imine (C=N–C) groups is 2. The van der Waals surface area contributed by atoms with E-state index in [0.29, 0.717) is 18.9 Å². The van der Waals surface area contributed by atoms with E-state index in [2.05, 4.69) is 224 Å². The van der Waals surface area contributed by atoms with Gasteiger partial charge < -0.3 is 0 Å². The topological polar surface area (TPSA) is 50.5 Å². The van der Waals surface area contributed by atoms with E-state index < -0.39 is 0 Å². The van der Waals surface area contributed by atoms with Crippen molar-refractivity contribution in [1.29, 1.82) is 0 Å². The standard InChI is InChI=1S/C62H58N4/c1-43(18-10-9-17-41-63-8)58(47-33-37-50(38-34-47)61(2,3)4)64-42-44-25-27-45(28-26-44)52-19-11-13-21-54(52)55-22-14-12-20-53(55)46-29-31-49(32-30-46)60-65-57-24-16-15-23-56(57)59(66-60)48-35-39-51(40-36-48)62(5,6)7/h9-40H,1,8,41-42H2,2-7H3/b17-9-,18-10-,64-58?. The lowest BCUT2D eigenvalue weighted by Gasteiger charge is -2.19. The Kier molecular flexibility index (Phi) is 13.4. The van der Waals surface area contributed by atoms with Gasteiger partial charge in [-0.1, -0.05) is 236 Å². The zero-order valence-electron chi connectivity index (χ0n) is 39.1. The van der Waals surface area contributed by atoms with E-state index in [1.165, 1.54) is 27.8 Å². The predicted octanol–water partition coefficient (Wildman–Crippen LogP) is 15.9. The zero-order valence-corrected chi connectivity index (χ0v) is 39.1. The number of rotatable bonds is 13. The second-order valence-electron chi connectivity index (χ2n) is 18.8. The summed E-state index contributed by atoms with van der Waals surface area (Å²) in [5.41, 5.74) is 17.5. The summed E-state index contributed by atoms with van der Waals surface area (Å²) in [5, 5.41) is 1.04. The van der Waals surface area contributed by atoms with Gasteiger partial charge in [0.1, 0.15) is 0 Å². The molecule has 0 aliphatic heterocycles. The van der Waals surface area contributed by atoms with Gasteiger partial charge in [0.15, 0.2) is 5.82 Å². The summed E-state index contributed by atoms with van der Waals surface area (Å²) < 4.78 is 0. The minimum Gasteiger partial charge on any atom is -0.297 e. The summed E-state index contributed by atoms with van der Waals surface area (Å²) in [7, 11) is 0. The number of allylic oxidation sites excluding steroid dienone is 4. The number of aromatic nitrogens is 2. The highest BCUT2D eigenvalue weighted by Gasteiger charge is 2.18. The van der Waals surface area contributed by atoms with Gasteiger partial charge in [0.05, 0.1) is 30.0 Å². The molecule has 0 saturated heterocycles. The Labute approximate surface area is 391 Å². The maximum Gasteiger partial charge on any atom is 0.160 e. The van der Waals surface area contributed by atoms with Crippen LogP contribution in [-0.4, -0.2) is 28.9 Å². The van der Waals surface area contributed by atoms with Crippen molar-refractivity contribution < 1.29 is 0 Å². The highest BCUT2D eigenvalue weighted by Crippen LogP contribution is 2.39. The summed E-state index contributed by atoms with van der Waals surface area (Å²) in [6, 6.07) is 60.6. The van der Waals surface area contributed by atoms with Gasteiger partial charge in [-0.3, -0.25) is 9.98 Å². The minimum atomic E-state index is 0.0610. The molecule has 4 nitrogen and oxygen atoms in total. The van der Waals surface area contributed by atoms with Crippen LogP contribution >= 0.6 is 0 Å². The lowest BCUT2D eigenvalue weighted by Crippen LogP contribution is -2.11. The summed E-state index contributed by atoms with van der Waals surface area (Å²) in [4.78, 5) is 19.3. The minimum absolute atomic E-state index is 0.0610. The lowest BCUT2D eigenvalue weighted by atomic mass is 9.86. The van der Waals surface area contributed by atoms with Gasteiger partial charge in [-0.2, -0.15) is 0 Å². The first-order chi connectivity index (χ1) is 31.9. The normalized spacial score (nSPS) is 12.3. The molecule has 0 radical (unpaired) electrons. The molecule has 0 saturated carbocycles. The van der Waals surface area contributed by atoms with Crippen LogP contribution < -0.4 is 0 Å². The van der Waals surface area contributed by atoms with Crippen molar-refractivity contribution in [3.63, 3.8) is 0 Å². The van der Waals surface area contributed by atoms with E-state index in [4.69, 9.17) is 15.0 Å². The van der Waals surface area contributed by atoms with Crippen LogP contribution in [0.3, 0.4) is 0 Å². The van der Waals surface area contributed by atoms with Gasteiger partial charge in [0, 0.05) is 22.1 Å². The van der Waals surface area contributed by atoms with Crippen molar-refractivity contribution in [2.45, 2.75) is 58.9 Å². The van der Waals surface area contributed by atoms with Gasteiger partial charge in [-0.05, 0) is 79.3 Å². The highest BCUT2D eigenvalue weighted by atomic mass is 14.9. The van der Waals surface area contributed by atoms with Crippen LogP contribution in [0.5, 0.6) is 0 Å². The first kappa shape index (κ1) is 45.0. The van der Waals surface area contributed by atoms with Gasteiger partial charge in [0.25, 0.3) is 0 Å².